The number of aromatic nitrogens is 1. The number of anilines is 1. The minimum Gasteiger partial charge on any atom is -0.358 e. The molecule has 4 nitrogen and oxygen atoms in total. The summed E-state index contributed by atoms with van der Waals surface area (Å²) in [6.07, 6.45) is 1.97. The van der Waals surface area contributed by atoms with Gasteiger partial charge < -0.3 is 4.98 Å². The highest BCUT2D eigenvalue weighted by atomic mass is 32.2. The van der Waals surface area contributed by atoms with Crippen LogP contribution < -0.4 is 4.72 Å². The van der Waals surface area contributed by atoms with Gasteiger partial charge >= 0.3 is 0 Å². The lowest BCUT2D eigenvalue weighted by atomic mass is 9.95. The Morgan fingerprint density at radius 1 is 1.00 bits per heavy atom. The standard InChI is InChI=1S/C21H18N2O2S2/c24-27(25,20-10-5-13-26-20)23-19-9-4-2-7-15(19)17-12-11-16-14-6-1-3-8-18(14)22-21(16)17/h1-10,13,17,22-23H,11-12H2/t17-/m1/s1. The van der Waals surface area contributed by atoms with Crippen molar-refractivity contribution in [2.45, 2.75) is 23.0 Å². The van der Waals surface area contributed by atoms with Gasteiger partial charge in [-0.2, -0.15) is 0 Å². The summed E-state index contributed by atoms with van der Waals surface area (Å²) in [6.45, 7) is 0. The summed E-state index contributed by atoms with van der Waals surface area (Å²) >= 11 is 1.22. The van der Waals surface area contributed by atoms with Crippen molar-refractivity contribution in [1.29, 1.82) is 0 Å². The predicted molar refractivity (Wildman–Crippen MR) is 110 cm³/mol. The van der Waals surface area contributed by atoms with E-state index < -0.39 is 10.0 Å². The van der Waals surface area contributed by atoms with Crippen LogP contribution in [0.4, 0.5) is 5.69 Å². The quantitative estimate of drug-likeness (QED) is 0.505. The minimum absolute atomic E-state index is 0.162. The number of para-hydroxylation sites is 2. The summed E-state index contributed by atoms with van der Waals surface area (Å²) < 4.78 is 28.5. The average Bonchev–Trinajstić information content (AvgIpc) is 3.39. The van der Waals surface area contributed by atoms with Crippen LogP contribution >= 0.6 is 11.3 Å². The fourth-order valence-corrected chi connectivity index (χ4v) is 6.12. The van der Waals surface area contributed by atoms with E-state index in [0.29, 0.717) is 9.90 Å². The summed E-state index contributed by atoms with van der Waals surface area (Å²) in [5.41, 5.74) is 5.37. The summed E-state index contributed by atoms with van der Waals surface area (Å²) in [5.74, 6) is 0.162. The molecule has 1 aliphatic rings. The van der Waals surface area contributed by atoms with Gasteiger partial charge in [-0.05, 0) is 47.5 Å². The summed E-state index contributed by atoms with van der Waals surface area (Å²) in [4.78, 5) is 3.57. The molecule has 2 N–H and O–H groups in total. The number of aryl methyl sites for hydroxylation is 1. The second-order valence-electron chi connectivity index (χ2n) is 6.78. The number of hydrogen-bond acceptors (Lipinski definition) is 3. The van der Waals surface area contributed by atoms with Crippen LogP contribution in [-0.2, 0) is 16.4 Å². The molecule has 1 atom stereocenters. The molecular formula is C21H18N2O2S2. The van der Waals surface area contributed by atoms with Crippen LogP contribution in [0.15, 0.2) is 70.3 Å². The fourth-order valence-electron chi connectivity index (χ4n) is 4.04. The summed E-state index contributed by atoms with van der Waals surface area (Å²) in [7, 11) is -3.57. The van der Waals surface area contributed by atoms with Gasteiger partial charge in [-0.3, -0.25) is 4.72 Å². The Bertz CT molecular complexity index is 1220. The zero-order valence-corrected chi connectivity index (χ0v) is 16.1. The second-order valence-corrected chi connectivity index (χ2v) is 9.64. The van der Waals surface area contributed by atoms with Crippen molar-refractivity contribution in [2.75, 3.05) is 4.72 Å². The van der Waals surface area contributed by atoms with Gasteiger partial charge in [0.15, 0.2) is 0 Å². The first-order valence-corrected chi connectivity index (χ1v) is 11.2. The molecule has 27 heavy (non-hydrogen) atoms. The number of fused-ring (bicyclic) bond motifs is 3. The molecule has 6 heteroatoms. The zero-order valence-electron chi connectivity index (χ0n) is 14.5. The number of sulfonamides is 1. The van der Waals surface area contributed by atoms with E-state index in [9.17, 15) is 8.42 Å². The highest BCUT2D eigenvalue weighted by Gasteiger charge is 2.30. The summed E-state index contributed by atoms with van der Waals surface area (Å²) in [6, 6.07) is 19.4. The highest BCUT2D eigenvalue weighted by molar-refractivity contribution is 7.94. The molecule has 2 heterocycles. The van der Waals surface area contributed by atoms with Crippen LogP contribution in [0, 0.1) is 0 Å². The molecule has 0 saturated carbocycles. The molecule has 4 aromatic rings. The first-order valence-electron chi connectivity index (χ1n) is 8.88. The third-order valence-corrected chi connectivity index (χ3v) is 7.98. The van der Waals surface area contributed by atoms with Crippen molar-refractivity contribution in [3.8, 4) is 0 Å². The molecule has 5 rings (SSSR count). The third-order valence-electron chi connectivity index (χ3n) is 5.22. The topological polar surface area (TPSA) is 62.0 Å². The smallest absolute Gasteiger partial charge is 0.271 e. The summed E-state index contributed by atoms with van der Waals surface area (Å²) in [5, 5.41) is 3.04. The van der Waals surface area contributed by atoms with E-state index in [4.69, 9.17) is 0 Å². The van der Waals surface area contributed by atoms with Crippen molar-refractivity contribution in [2.24, 2.45) is 0 Å². The van der Waals surface area contributed by atoms with E-state index in [1.54, 1.807) is 17.5 Å². The number of thiophene rings is 1. The molecule has 0 amide bonds. The molecule has 2 aromatic carbocycles. The molecule has 0 fully saturated rings. The van der Waals surface area contributed by atoms with Gasteiger partial charge in [0.1, 0.15) is 4.21 Å². The zero-order chi connectivity index (χ0) is 18.4. The van der Waals surface area contributed by atoms with Crippen molar-refractivity contribution in [3.05, 3.63) is 82.9 Å². The highest BCUT2D eigenvalue weighted by Crippen LogP contribution is 2.43. The van der Waals surface area contributed by atoms with Crippen molar-refractivity contribution < 1.29 is 8.42 Å². The molecule has 0 radical (unpaired) electrons. The van der Waals surface area contributed by atoms with Crippen molar-refractivity contribution in [1.82, 2.24) is 4.98 Å². The van der Waals surface area contributed by atoms with Gasteiger partial charge in [0.2, 0.25) is 0 Å². The lowest BCUT2D eigenvalue weighted by Gasteiger charge is -2.17. The van der Waals surface area contributed by atoms with Crippen molar-refractivity contribution >= 4 is 38.0 Å². The average molecular weight is 395 g/mol. The molecule has 2 aromatic heterocycles. The van der Waals surface area contributed by atoms with Gasteiger partial charge in [0.05, 0.1) is 5.69 Å². The van der Waals surface area contributed by atoms with Crippen LogP contribution in [0.25, 0.3) is 10.9 Å². The second kappa shape index (κ2) is 6.25. The Hall–Kier alpha value is -2.57. The maximum Gasteiger partial charge on any atom is 0.271 e. The Kier molecular flexibility index (Phi) is 3.84. The first-order chi connectivity index (χ1) is 13.1. The fraction of sp³-hybridized carbons (Fsp3) is 0.143. The van der Waals surface area contributed by atoms with Crippen LogP contribution in [-0.4, -0.2) is 13.4 Å². The van der Waals surface area contributed by atoms with E-state index in [1.807, 2.05) is 30.3 Å². The maximum atomic E-state index is 12.7. The molecule has 0 aliphatic heterocycles. The Balaban J connectivity index is 1.57. The third kappa shape index (κ3) is 2.76. The number of nitrogens with one attached hydrogen (secondary N) is 2. The number of rotatable bonds is 4. The van der Waals surface area contributed by atoms with E-state index in [-0.39, 0.29) is 5.92 Å². The van der Waals surface area contributed by atoms with Gasteiger partial charge in [-0.1, -0.05) is 42.5 Å². The Morgan fingerprint density at radius 3 is 2.67 bits per heavy atom. The van der Waals surface area contributed by atoms with Crippen LogP contribution in [0.3, 0.4) is 0 Å². The van der Waals surface area contributed by atoms with Crippen LogP contribution in [0.1, 0.15) is 29.2 Å². The normalized spacial score (nSPS) is 16.5. The maximum absolute atomic E-state index is 12.7. The molecular weight excluding hydrogens is 376 g/mol. The van der Waals surface area contributed by atoms with E-state index in [0.717, 1.165) is 23.9 Å². The molecule has 0 spiro atoms. The van der Waals surface area contributed by atoms with Crippen molar-refractivity contribution in [3.63, 3.8) is 0 Å². The lowest BCUT2D eigenvalue weighted by molar-refractivity contribution is 0.603. The number of aromatic amines is 1. The molecule has 0 unspecified atom stereocenters. The Morgan fingerprint density at radius 2 is 1.81 bits per heavy atom. The van der Waals surface area contributed by atoms with Crippen LogP contribution in [0.5, 0.6) is 0 Å². The predicted octanol–water partition coefficient (Wildman–Crippen LogP) is 5.11. The van der Waals surface area contributed by atoms with Gasteiger partial charge in [0, 0.05) is 22.5 Å². The van der Waals surface area contributed by atoms with Crippen LogP contribution in [0.2, 0.25) is 0 Å². The number of hydrogen-bond donors (Lipinski definition) is 2. The van der Waals surface area contributed by atoms with Gasteiger partial charge in [0.25, 0.3) is 10.0 Å². The minimum atomic E-state index is -3.57. The largest absolute Gasteiger partial charge is 0.358 e. The molecule has 0 saturated heterocycles. The molecule has 1 aliphatic carbocycles. The number of H-pyrrole nitrogens is 1. The van der Waals surface area contributed by atoms with E-state index >= 15 is 0 Å². The first kappa shape index (κ1) is 16.6. The van der Waals surface area contributed by atoms with E-state index in [1.165, 1.54) is 28.0 Å². The van der Waals surface area contributed by atoms with E-state index in [2.05, 4.69) is 27.9 Å². The van der Waals surface area contributed by atoms with Gasteiger partial charge in [-0.15, -0.1) is 11.3 Å². The Labute approximate surface area is 161 Å². The monoisotopic (exact) mass is 394 g/mol. The molecule has 136 valence electrons. The SMILES string of the molecule is O=S(=O)(Nc1ccccc1[C@H]1CCc2c1[nH]c1ccccc21)c1cccs1. The molecule has 0 bridgehead atoms. The lowest BCUT2D eigenvalue weighted by Crippen LogP contribution is -2.14. The number of benzene rings is 2. The van der Waals surface area contributed by atoms with Gasteiger partial charge in [-0.25, -0.2) is 8.42 Å².